The number of nitrogens with zero attached hydrogens (tertiary/aromatic N) is 1. The van der Waals surface area contributed by atoms with E-state index in [1.54, 1.807) is 6.21 Å². The summed E-state index contributed by atoms with van der Waals surface area (Å²) in [6, 6.07) is 8.32. The Morgan fingerprint density at radius 2 is 1.92 bits per heavy atom. The van der Waals surface area contributed by atoms with Gasteiger partial charge in [0.25, 0.3) is 0 Å². The molecule has 1 aromatic rings. The minimum absolute atomic E-state index is 0.703. The van der Waals surface area contributed by atoms with Gasteiger partial charge in [-0.15, -0.1) is 0 Å². The Morgan fingerprint density at radius 3 is 2.38 bits per heavy atom. The summed E-state index contributed by atoms with van der Waals surface area (Å²) in [4.78, 5) is 0. The van der Waals surface area contributed by atoms with E-state index in [-0.39, 0.29) is 0 Å². The van der Waals surface area contributed by atoms with Crippen molar-refractivity contribution in [3.63, 3.8) is 0 Å². The van der Waals surface area contributed by atoms with E-state index in [1.807, 2.05) is 12.1 Å². The van der Waals surface area contributed by atoms with Crippen molar-refractivity contribution in [1.82, 2.24) is 0 Å². The number of rotatable bonds is 3. The lowest BCUT2D eigenvalue weighted by Crippen LogP contribution is -1.94. The lowest BCUT2D eigenvalue weighted by atomic mass is 10.0. The van der Waals surface area contributed by atoms with Gasteiger partial charge in [0.05, 0.1) is 6.21 Å². The zero-order valence-electron chi connectivity index (χ0n) is 8.20. The molecule has 0 aliphatic heterocycles. The average molecular weight is 176 g/mol. The van der Waals surface area contributed by atoms with Crippen molar-refractivity contribution in [2.45, 2.75) is 20.3 Å². The van der Waals surface area contributed by atoms with Crippen LogP contribution < -0.4 is 5.84 Å². The number of nitrogens with two attached hydrogens (primary N) is 1. The molecule has 0 fully saturated rings. The van der Waals surface area contributed by atoms with Crippen molar-refractivity contribution >= 4 is 6.21 Å². The van der Waals surface area contributed by atoms with Gasteiger partial charge in [-0.2, -0.15) is 5.10 Å². The molecule has 0 amide bonds. The third kappa shape index (κ3) is 3.28. The van der Waals surface area contributed by atoms with E-state index in [0.29, 0.717) is 5.92 Å². The van der Waals surface area contributed by atoms with E-state index in [4.69, 9.17) is 5.84 Å². The van der Waals surface area contributed by atoms with Gasteiger partial charge in [0.1, 0.15) is 0 Å². The third-order valence-electron chi connectivity index (χ3n) is 1.85. The first-order valence-electron chi connectivity index (χ1n) is 4.54. The summed E-state index contributed by atoms with van der Waals surface area (Å²) >= 11 is 0. The summed E-state index contributed by atoms with van der Waals surface area (Å²) in [6.07, 6.45) is 2.78. The number of hydrogen-bond donors (Lipinski definition) is 1. The molecule has 0 heterocycles. The first-order valence-corrected chi connectivity index (χ1v) is 4.54. The van der Waals surface area contributed by atoms with Gasteiger partial charge in [-0.25, -0.2) is 0 Å². The molecule has 0 aromatic heterocycles. The molecular weight excluding hydrogens is 160 g/mol. The Hall–Kier alpha value is -1.31. The Morgan fingerprint density at radius 1 is 1.31 bits per heavy atom. The van der Waals surface area contributed by atoms with Crippen LogP contribution in [0.1, 0.15) is 25.0 Å². The standard InChI is InChI=1S/C11H16N2/c1-9(2)7-10-3-5-11(6-4-10)8-13-12/h3-6,8-9H,7,12H2,1-2H3/b13-8+. The van der Waals surface area contributed by atoms with Crippen LogP contribution in [0.25, 0.3) is 0 Å². The topological polar surface area (TPSA) is 38.4 Å². The van der Waals surface area contributed by atoms with Gasteiger partial charge in [-0.1, -0.05) is 38.1 Å². The van der Waals surface area contributed by atoms with Crippen LogP contribution >= 0.6 is 0 Å². The molecule has 13 heavy (non-hydrogen) atoms. The van der Waals surface area contributed by atoms with Crippen molar-refractivity contribution in [2.24, 2.45) is 16.9 Å². The lowest BCUT2D eigenvalue weighted by molar-refractivity contribution is 0.647. The van der Waals surface area contributed by atoms with Gasteiger partial charge in [0.2, 0.25) is 0 Å². The van der Waals surface area contributed by atoms with Gasteiger partial charge in [0.15, 0.2) is 0 Å². The molecule has 1 rings (SSSR count). The van der Waals surface area contributed by atoms with Crippen molar-refractivity contribution in [3.05, 3.63) is 35.4 Å². The molecule has 0 bridgehead atoms. The Kier molecular flexibility index (Phi) is 3.50. The Balaban J connectivity index is 2.69. The van der Waals surface area contributed by atoms with Crippen LogP contribution in [0.5, 0.6) is 0 Å². The van der Waals surface area contributed by atoms with Crippen LogP contribution in [0, 0.1) is 5.92 Å². The van der Waals surface area contributed by atoms with E-state index < -0.39 is 0 Å². The molecule has 2 nitrogen and oxygen atoms in total. The van der Waals surface area contributed by atoms with E-state index in [9.17, 15) is 0 Å². The highest BCUT2D eigenvalue weighted by Crippen LogP contribution is 2.08. The zero-order chi connectivity index (χ0) is 9.68. The number of hydrazone groups is 1. The van der Waals surface area contributed by atoms with Crippen molar-refractivity contribution < 1.29 is 0 Å². The largest absolute Gasteiger partial charge is 0.323 e. The minimum Gasteiger partial charge on any atom is -0.323 e. The van der Waals surface area contributed by atoms with Crippen molar-refractivity contribution in [1.29, 1.82) is 0 Å². The fraction of sp³-hybridized carbons (Fsp3) is 0.364. The molecule has 0 unspecified atom stereocenters. The summed E-state index contributed by atoms with van der Waals surface area (Å²) in [5, 5.41) is 3.47. The highest BCUT2D eigenvalue weighted by molar-refractivity contribution is 5.79. The molecule has 70 valence electrons. The van der Waals surface area contributed by atoms with Gasteiger partial charge in [0, 0.05) is 0 Å². The summed E-state index contributed by atoms with van der Waals surface area (Å²) in [5.74, 6) is 5.75. The van der Waals surface area contributed by atoms with E-state index in [0.717, 1.165) is 12.0 Å². The summed E-state index contributed by atoms with van der Waals surface area (Å²) in [5.41, 5.74) is 2.42. The molecule has 0 spiro atoms. The summed E-state index contributed by atoms with van der Waals surface area (Å²) in [7, 11) is 0. The van der Waals surface area contributed by atoms with E-state index >= 15 is 0 Å². The molecule has 0 saturated heterocycles. The van der Waals surface area contributed by atoms with Gasteiger partial charge in [-0.3, -0.25) is 0 Å². The maximum absolute atomic E-state index is 5.05. The fourth-order valence-electron chi connectivity index (χ4n) is 1.30. The average Bonchev–Trinajstić information content (AvgIpc) is 2.08. The maximum Gasteiger partial charge on any atom is 0.0538 e. The third-order valence-corrected chi connectivity index (χ3v) is 1.85. The summed E-state index contributed by atoms with van der Waals surface area (Å²) < 4.78 is 0. The fourth-order valence-corrected chi connectivity index (χ4v) is 1.30. The number of hydrogen-bond acceptors (Lipinski definition) is 2. The molecule has 0 saturated carbocycles. The van der Waals surface area contributed by atoms with Gasteiger partial charge < -0.3 is 5.84 Å². The second-order valence-electron chi connectivity index (χ2n) is 3.62. The molecule has 0 radical (unpaired) electrons. The van der Waals surface area contributed by atoms with Crippen LogP contribution in [0.2, 0.25) is 0 Å². The molecule has 0 atom stereocenters. The maximum atomic E-state index is 5.05. The van der Waals surface area contributed by atoms with Gasteiger partial charge >= 0.3 is 0 Å². The van der Waals surface area contributed by atoms with Crippen LogP contribution in [-0.4, -0.2) is 6.21 Å². The molecule has 2 N–H and O–H groups in total. The Bertz CT molecular complexity index is 273. The first kappa shape index (κ1) is 9.78. The normalized spacial score (nSPS) is 11.3. The van der Waals surface area contributed by atoms with Crippen molar-refractivity contribution in [2.75, 3.05) is 0 Å². The summed E-state index contributed by atoms with van der Waals surface area (Å²) in [6.45, 7) is 4.44. The van der Waals surface area contributed by atoms with E-state index in [2.05, 4.69) is 31.1 Å². The van der Waals surface area contributed by atoms with Crippen LogP contribution in [0.4, 0.5) is 0 Å². The van der Waals surface area contributed by atoms with E-state index in [1.165, 1.54) is 5.56 Å². The second kappa shape index (κ2) is 4.65. The van der Waals surface area contributed by atoms with Gasteiger partial charge in [-0.05, 0) is 23.5 Å². The minimum atomic E-state index is 0.703. The molecule has 1 aromatic carbocycles. The van der Waals surface area contributed by atoms with Crippen LogP contribution in [-0.2, 0) is 6.42 Å². The number of benzene rings is 1. The first-order chi connectivity index (χ1) is 6.22. The Labute approximate surface area is 79.5 Å². The van der Waals surface area contributed by atoms with Crippen LogP contribution in [0.3, 0.4) is 0 Å². The van der Waals surface area contributed by atoms with Crippen LogP contribution in [0.15, 0.2) is 29.4 Å². The quantitative estimate of drug-likeness (QED) is 0.428. The smallest absolute Gasteiger partial charge is 0.0538 e. The van der Waals surface area contributed by atoms with Crippen molar-refractivity contribution in [3.8, 4) is 0 Å². The molecule has 0 aliphatic carbocycles. The highest BCUT2D eigenvalue weighted by atomic mass is 15.1. The highest BCUT2D eigenvalue weighted by Gasteiger charge is 1.96. The lowest BCUT2D eigenvalue weighted by Gasteiger charge is -2.04. The molecule has 0 aliphatic rings. The molecular formula is C11H16N2. The predicted molar refractivity (Wildman–Crippen MR) is 56.8 cm³/mol. The molecule has 2 heteroatoms. The second-order valence-corrected chi connectivity index (χ2v) is 3.62. The SMILES string of the molecule is CC(C)Cc1ccc(/C=N/N)cc1. The predicted octanol–water partition coefficient (Wildman–Crippen LogP) is 2.18. The zero-order valence-corrected chi connectivity index (χ0v) is 8.20. The monoisotopic (exact) mass is 176 g/mol.